The van der Waals surface area contributed by atoms with E-state index >= 15 is 0 Å². The fourth-order valence-electron chi connectivity index (χ4n) is 4.28. The number of likely N-dealkylation sites (tertiary alicyclic amines) is 1. The van der Waals surface area contributed by atoms with Gasteiger partial charge in [0, 0.05) is 37.5 Å². The van der Waals surface area contributed by atoms with E-state index in [4.69, 9.17) is 5.11 Å². The number of carboxylic acids is 1. The fourth-order valence-corrected chi connectivity index (χ4v) is 4.28. The van der Waals surface area contributed by atoms with Crippen molar-refractivity contribution >= 4 is 17.8 Å². The van der Waals surface area contributed by atoms with Crippen LogP contribution in [0.15, 0.2) is 0 Å². The summed E-state index contributed by atoms with van der Waals surface area (Å²) in [5, 5.41) is 12.0. The molecule has 0 radical (unpaired) electrons. The number of hydrogen-bond donors (Lipinski definition) is 2. The summed E-state index contributed by atoms with van der Waals surface area (Å²) < 4.78 is 0. The lowest BCUT2D eigenvalue weighted by Crippen LogP contribution is -2.42. The topological polar surface area (TPSA) is 90.0 Å². The second kappa shape index (κ2) is 10.6. The van der Waals surface area contributed by atoms with Gasteiger partial charge in [0.2, 0.25) is 11.8 Å². The zero-order chi connectivity index (χ0) is 19.8. The molecule has 1 aliphatic carbocycles. The van der Waals surface area contributed by atoms with Crippen LogP contribution in [0.2, 0.25) is 0 Å². The smallest absolute Gasteiger partial charge is 0.317 e. The average Bonchev–Trinajstić information content (AvgIpc) is 2.88. The third kappa shape index (κ3) is 7.13. The van der Waals surface area contributed by atoms with E-state index < -0.39 is 5.97 Å². The monoisotopic (exact) mass is 381 g/mol. The molecule has 1 heterocycles. The van der Waals surface area contributed by atoms with Crippen LogP contribution in [0.1, 0.15) is 64.7 Å². The number of likely N-dealkylation sites (N-methyl/N-ethyl adjacent to an activating group) is 1. The number of nitrogens with zero attached hydrogens (tertiary/aromatic N) is 2. The van der Waals surface area contributed by atoms with Crippen molar-refractivity contribution in [3.63, 3.8) is 0 Å². The molecule has 0 spiro atoms. The minimum absolute atomic E-state index is 0.0306. The molecule has 0 aromatic rings. The Morgan fingerprint density at radius 2 is 1.78 bits per heavy atom. The van der Waals surface area contributed by atoms with Gasteiger partial charge in [-0.05, 0) is 46.1 Å². The van der Waals surface area contributed by atoms with E-state index in [1.54, 1.807) is 0 Å². The molecule has 7 heteroatoms. The van der Waals surface area contributed by atoms with Crippen molar-refractivity contribution in [2.75, 3.05) is 26.7 Å². The predicted octanol–water partition coefficient (Wildman–Crippen LogP) is 1.86. The molecule has 2 amide bonds. The summed E-state index contributed by atoms with van der Waals surface area (Å²) in [6, 6.07) is 0.0444. The quantitative estimate of drug-likeness (QED) is 0.702. The minimum Gasteiger partial charge on any atom is -0.480 e. The van der Waals surface area contributed by atoms with E-state index in [0.29, 0.717) is 19.5 Å². The summed E-state index contributed by atoms with van der Waals surface area (Å²) >= 11 is 0. The highest BCUT2D eigenvalue weighted by molar-refractivity contribution is 5.81. The first-order chi connectivity index (χ1) is 12.9. The molecule has 1 aliphatic heterocycles. The Bertz CT molecular complexity index is 519. The Morgan fingerprint density at radius 1 is 1.07 bits per heavy atom. The molecule has 2 aliphatic rings. The lowest BCUT2D eigenvalue weighted by Gasteiger charge is -2.26. The van der Waals surface area contributed by atoms with Crippen LogP contribution in [0.4, 0.5) is 0 Å². The van der Waals surface area contributed by atoms with Gasteiger partial charge in [-0.15, -0.1) is 0 Å². The Kier molecular flexibility index (Phi) is 8.54. The Labute approximate surface area is 162 Å². The highest BCUT2D eigenvalue weighted by Gasteiger charge is 2.26. The molecule has 1 saturated heterocycles. The van der Waals surface area contributed by atoms with E-state index in [1.807, 2.05) is 23.8 Å². The number of aliphatic carboxylic acids is 1. The Morgan fingerprint density at radius 3 is 2.44 bits per heavy atom. The molecule has 2 N–H and O–H groups in total. The first-order valence-electron chi connectivity index (χ1n) is 10.4. The lowest BCUT2D eigenvalue weighted by molar-refractivity contribution is -0.139. The van der Waals surface area contributed by atoms with Gasteiger partial charge >= 0.3 is 5.97 Å². The first kappa shape index (κ1) is 21.7. The van der Waals surface area contributed by atoms with Crippen LogP contribution < -0.4 is 5.32 Å². The van der Waals surface area contributed by atoms with Crippen molar-refractivity contribution in [3.05, 3.63) is 0 Å². The van der Waals surface area contributed by atoms with Crippen LogP contribution in [0.3, 0.4) is 0 Å². The molecule has 7 nitrogen and oxygen atoms in total. The number of rotatable bonds is 7. The van der Waals surface area contributed by atoms with E-state index in [2.05, 4.69) is 5.32 Å². The van der Waals surface area contributed by atoms with Gasteiger partial charge in [0.1, 0.15) is 0 Å². The van der Waals surface area contributed by atoms with Crippen molar-refractivity contribution in [1.82, 2.24) is 15.1 Å². The second-order valence-electron chi connectivity index (χ2n) is 8.22. The summed E-state index contributed by atoms with van der Waals surface area (Å²) in [5.41, 5.74) is 0. The van der Waals surface area contributed by atoms with Gasteiger partial charge in [-0.2, -0.15) is 0 Å². The van der Waals surface area contributed by atoms with Gasteiger partial charge in [-0.25, -0.2) is 0 Å². The maximum atomic E-state index is 12.6. The largest absolute Gasteiger partial charge is 0.480 e. The highest BCUT2D eigenvalue weighted by Crippen LogP contribution is 2.24. The van der Waals surface area contributed by atoms with E-state index in [9.17, 15) is 14.4 Å². The first-order valence-corrected chi connectivity index (χ1v) is 10.4. The van der Waals surface area contributed by atoms with Gasteiger partial charge in [0.05, 0.1) is 6.54 Å². The summed E-state index contributed by atoms with van der Waals surface area (Å²) in [6.45, 7) is 3.29. The minimum atomic E-state index is -0.822. The molecule has 2 atom stereocenters. The lowest BCUT2D eigenvalue weighted by atomic mass is 9.88. The molecule has 1 saturated carbocycles. The summed E-state index contributed by atoms with van der Waals surface area (Å²) in [7, 11) is 1.83. The third-order valence-corrected chi connectivity index (χ3v) is 5.90. The molecular formula is C20H35N3O4. The molecule has 2 unspecified atom stereocenters. The van der Waals surface area contributed by atoms with Crippen LogP contribution >= 0.6 is 0 Å². The highest BCUT2D eigenvalue weighted by atomic mass is 16.4. The molecule has 154 valence electrons. The Hall–Kier alpha value is -1.63. The van der Waals surface area contributed by atoms with Crippen LogP contribution in [-0.4, -0.2) is 71.5 Å². The number of carboxylic acid groups (broad SMARTS) is 1. The van der Waals surface area contributed by atoms with Gasteiger partial charge < -0.3 is 15.3 Å². The number of carbonyl (C=O) groups is 3. The van der Waals surface area contributed by atoms with Crippen molar-refractivity contribution in [2.45, 2.75) is 76.8 Å². The van der Waals surface area contributed by atoms with Gasteiger partial charge in [0.15, 0.2) is 0 Å². The number of nitrogens with one attached hydrogen (secondary N) is 1. The van der Waals surface area contributed by atoms with Crippen LogP contribution in [0.5, 0.6) is 0 Å². The van der Waals surface area contributed by atoms with Crippen molar-refractivity contribution in [1.29, 1.82) is 0 Å². The van der Waals surface area contributed by atoms with Crippen LogP contribution in [-0.2, 0) is 14.4 Å². The molecule has 27 heavy (non-hydrogen) atoms. The molecule has 0 aromatic carbocycles. The standard InChI is InChI=1S/C20H35N3O4/c1-15(21-20(27)16-7-4-3-5-8-16)13-18(24)23-11-6-9-17(10-12-23)22(2)14-19(25)26/h15-17H,3-14H2,1-2H3,(H,21,27)(H,25,26). The molecule has 2 rings (SSSR count). The number of amides is 2. The fraction of sp³-hybridized carbons (Fsp3) is 0.850. The van der Waals surface area contributed by atoms with Gasteiger partial charge in [-0.3, -0.25) is 19.3 Å². The second-order valence-corrected chi connectivity index (χ2v) is 8.22. The predicted molar refractivity (Wildman–Crippen MR) is 103 cm³/mol. The maximum absolute atomic E-state index is 12.6. The molecule has 2 fully saturated rings. The SMILES string of the molecule is CC(CC(=O)N1CCCC(N(C)CC(=O)O)CC1)NC(=O)C1CCCCC1. The number of hydrogen-bond acceptors (Lipinski definition) is 4. The zero-order valence-corrected chi connectivity index (χ0v) is 16.8. The maximum Gasteiger partial charge on any atom is 0.317 e. The van der Waals surface area contributed by atoms with Crippen molar-refractivity contribution < 1.29 is 19.5 Å². The van der Waals surface area contributed by atoms with Gasteiger partial charge in [-0.1, -0.05) is 19.3 Å². The third-order valence-electron chi connectivity index (χ3n) is 5.90. The summed E-state index contributed by atoms with van der Waals surface area (Å²) in [6.07, 6.45) is 8.29. The van der Waals surface area contributed by atoms with E-state index in [0.717, 1.165) is 44.9 Å². The normalized spacial score (nSPS) is 22.9. The van der Waals surface area contributed by atoms with Crippen molar-refractivity contribution in [2.24, 2.45) is 5.92 Å². The molecular weight excluding hydrogens is 346 g/mol. The summed E-state index contributed by atoms with van der Waals surface area (Å²) in [4.78, 5) is 39.6. The molecule has 0 bridgehead atoms. The molecule has 0 aromatic heterocycles. The zero-order valence-electron chi connectivity index (χ0n) is 16.8. The van der Waals surface area contributed by atoms with Crippen LogP contribution in [0.25, 0.3) is 0 Å². The summed E-state index contributed by atoms with van der Waals surface area (Å²) in [5.74, 6) is -0.536. The Balaban J connectivity index is 1.76. The van der Waals surface area contributed by atoms with Crippen LogP contribution in [0, 0.1) is 5.92 Å². The van der Waals surface area contributed by atoms with E-state index in [1.165, 1.54) is 6.42 Å². The van der Waals surface area contributed by atoms with Crippen molar-refractivity contribution in [3.8, 4) is 0 Å². The number of carbonyl (C=O) groups excluding carboxylic acids is 2. The average molecular weight is 382 g/mol. The van der Waals surface area contributed by atoms with E-state index in [-0.39, 0.29) is 36.4 Å². The van der Waals surface area contributed by atoms with Gasteiger partial charge in [0.25, 0.3) is 0 Å².